The number of anilines is 1. The molecule has 0 unspecified atom stereocenters. The Bertz CT molecular complexity index is 380. The number of nitrogens with two attached hydrogens (primary N) is 1. The number of likely N-dealkylation sites (tertiary alicyclic amines) is 1. The largest absolute Gasteiger partial charge is 0.357 e. The second kappa shape index (κ2) is 7.08. The number of pyridine rings is 1. The van der Waals surface area contributed by atoms with Crippen molar-refractivity contribution in [1.82, 2.24) is 9.88 Å². The van der Waals surface area contributed by atoms with Crippen molar-refractivity contribution in [3.8, 4) is 0 Å². The van der Waals surface area contributed by atoms with E-state index in [2.05, 4.69) is 47.8 Å². The Kier molecular flexibility index (Phi) is 6.04. The van der Waals surface area contributed by atoms with E-state index in [4.69, 9.17) is 5.73 Å². The van der Waals surface area contributed by atoms with Gasteiger partial charge in [-0.1, -0.05) is 6.07 Å². The van der Waals surface area contributed by atoms with Gasteiger partial charge in [0, 0.05) is 45.0 Å². The van der Waals surface area contributed by atoms with Gasteiger partial charge in [-0.25, -0.2) is 4.98 Å². The van der Waals surface area contributed by atoms with Crippen molar-refractivity contribution < 1.29 is 0 Å². The van der Waals surface area contributed by atoms with Crippen molar-refractivity contribution in [2.45, 2.75) is 38.9 Å². The van der Waals surface area contributed by atoms with Crippen molar-refractivity contribution in [3.63, 3.8) is 0 Å². The first-order chi connectivity index (χ1) is 8.56. The molecule has 19 heavy (non-hydrogen) atoms. The second-order valence-electron chi connectivity index (χ2n) is 5.51. The average Bonchev–Trinajstić information content (AvgIpc) is 2.75. The summed E-state index contributed by atoms with van der Waals surface area (Å²) in [5, 5.41) is 0. The van der Waals surface area contributed by atoms with Crippen LogP contribution in [0.3, 0.4) is 0 Å². The summed E-state index contributed by atoms with van der Waals surface area (Å²) in [6, 6.07) is 5.10. The third-order valence-electron chi connectivity index (χ3n) is 3.66. The summed E-state index contributed by atoms with van der Waals surface area (Å²) in [4.78, 5) is 9.10. The van der Waals surface area contributed by atoms with Crippen LogP contribution in [0.5, 0.6) is 0 Å². The van der Waals surface area contributed by atoms with E-state index in [9.17, 15) is 0 Å². The Balaban J connectivity index is 0.00000180. The molecule has 0 radical (unpaired) electrons. The number of aromatic nitrogens is 1. The minimum atomic E-state index is 0. The van der Waals surface area contributed by atoms with Gasteiger partial charge < -0.3 is 10.6 Å². The van der Waals surface area contributed by atoms with E-state index in [-0.39, 0.29) is 12.4 Å². The summed E-state index contributed by atoms with van der Waals surface area (Å²) in [6.45, 7) is 7.41. The molecule has 2 N–H and O–H groups in total. The van der Waals surface area contributed by atoms with Gasteiger partial charge in [-0.05, 0) is 31.9 Å². The van der Waals surface area contributed by atoms with Crippen LogP contribution in [-0.2, 0) is 6.54 Å². The zero-order chi connectivity index (χ0) is 13.1. The Morgan fingerprint density at radius 1 is 1.47 bits per heavy atom. The lowest BCUT2D eigenvalue weighted by molar-refractivity contribution is 0.326. The number of rotatable bonds is 4. The molecule has 1 atom stereocenters. The Labute approximate surface area is 122 Å². The van der Waals surface area contributed by atoms with Gasteiger partial charge in [-0.15, -0.1) is 12.4 Å². The molecule has 108 valence electrons. The lowest BCUT2D eigenvalue weighted by atomic mass is 10.2. The Morgan fingerprint density at radius 2 is 2.21 bits per heavy atom. The molecule has 1 aromatic rings. The van der Waals surface area contributed by atoms with Gasteiger partial charge in [-0.2, -0.15) is 0 Å². The maximum Gasteiger partial charge on any atom is 0.128 e. The molecule has 0 amide bonds. The smallest absolute Gasteiger partial charge is 0.128 e. The van der Waals surface area contributed by atoms with Crippen molar-refractivity contribution in [1.29, 1.82) is 0 Å². The maximum atomic E-state index is 5.91. The van der Waals surface area contributed by atoms with Crippen LogP contribution in [0, 0.1) is 0 Å². The number of nitrogens with zero attached hydrogens (tertiary/aromatic N) is 3. The zero-order valence-corrected chi connectivity index (χ0v) is 12.9. The molecule has 0 aromatic carbocycles. The summed E-state index contributed by atoms with van der Waals surface area (Å²) < 4.78 is 0. The highest BCUT2D eigenvalue weighted by atomic mass is 35.5. The van der Waals surface area contributed by atoms with Gasteiger partial charge in [0.2, 0.25) is 0 Å². The highest BCUT2D eigenvalue weighted by Gasteiger charge is 2.18. The summed E-state index contributed by atoms with van der Waals surface area (Å²) in [5.74, 6) is 1.03. The van der Waals surface area contributed by atoms with Crippen LogP contribution in [0.25, 0.3) is 0 Å². The van der Waals surface area contributed by atoms with Gasteiger partial charge in [0.15, 0.2) is 0 Å². The van der Waals surface area contributed by atoms with E-state index in [1.54, 1.807) is 0 Å². The number of hydrogen-bond acceptors (Lipinski definition) is 4. The van der Waals surface area contributed by atoms with E-state index in [0.717, 1.165) is 31.9 Å². The van der Waals surface area contributed by atoms with Crippen LogP contribution in [0.4, 0.5) is 5.82 Å². The lowest BCUT2D eigenvalue weighted by Crippen LogP contribution is -2.27. The fraction of sp³-hybridized carbons (Fsp3) is 0.643. The first kappa shape index (κ1) is 16.2. The van der Waals surface area contributed by atoms with E-state index in [1.165, 1.54) is 5.56 Å². The second-order valence-corrected chi connectivity index (χ2v) is 5.51. The molecule has 5 heteroatoms. The topological polar surface area (TPSA) is 45.4 Å². The van der Waals surface area contributed by atoms with Gasteiger partial charge in [0.1, 0.15) is 5.82 Å². The van der Waals surface area contributed by atoms with Crippen molar-refractivity contribution in [3.05, 3.63) is 23.9 Å². The van der Waals surface area contributed by atoms with Crippen LogP contribution >= 0.6 is 12.4 Å². The fourth-order valence-electron chi connectivity index (χ4n) is 2.25. The molecular formula is C14H25ClN4. The number of hydrogen-bond donors (Lipinski definition) is 1. The zero-order valence-electron chi connectivity index (χ0n) is 12.0. The summed E-state index contributed by atoms with van der Waals surface area (Å²) in [5.41, 5.74) is 7.18. The lowest BCUT2D eigenvalue weighted by Gasteiger charge is -2.23. The van der Waals surface area contributed by atoms with E-state index in [1.807, 2.05) is 6.20 Å². The first-order valence-corrected chi connectivity index (χ1v) is 6.72. The third-order valence-corrected chi connectivity index (χ3v) is 3.66. The van der Waals surface area contributed by atoms with Gasteiger partial charge in [-0.3, -0.25) is 4.90 Å². The third kappa shape index (κ3) is 4.34. The molecule has 0 aliphatic carbocycles. The summed E-state index contributed by atoms with van der Waals surface area (Å²) in [7, 11) is 2.08. The van der Waals surface area contributed by atoms with Gasteiger partial charge in [0.25, 0.3) is 0 Å². The highest BCUT2D eigenvalue weighted by Crippen LogP contribution is 2.15. The van der Waals surface area contributed by atoms with Crippen LogP contribution in [0.2, 0.25) is 0 Å². The fourth-order valence-corrected chi connectivity index (χ4v) is 2.25. The first-order valence-electron chi connectivity index (χ1n) is 6.72. The van der Waals surface area contributed by atoms with E-state index >= 15 is 0 Å². The molecular weight excluding hydrogens is 260 g/mol. The molecule has 0 spiro atoms. The molecule has 1 aliphatic rings. The molecule has 0 saturated carbocycles. The summed E-state index contributed by atoms with van der Waals surface area (Å²) >= 11 is 0. The van der Waals surface area contributed by atoms with Gasteiger partial charge in [0.05, 0.1) is 0 Å². The predicted molar refractivity (Wildman–Crippen MR) is 82.9 cm³/mol. The quantitative estimate of drug-likeness (QED) is 0.917. The minimum Gasteiger partial charge on any atom is -0.357 e. The molecule has 1 aromatic heterocycles. The van der Waals surface area contributed by atoms with Crippen molar-refractivity contribution in [2.75, 3.05) is 25.0 Å². The standard InChI is InChI=1S/C14H24N4.ClH/c1-11(2)17(3)14-5-4-12(8-16-14)9-18-7-6-13(15)10-18;/h4-5,8,11,13H,6-7,9-10,15H2,1-3H3;1H/t13-;/m1./s1. The van der Waals surface area contributed by atoms with E-state index in [0.29, 0.717) is 12.1 Å². The van der Waals surface area contributed by atoms with Crippen molar-refractivity contribution >= 4 is 18.2 Å². The predicted octanol–water partition coefficient (Wildman–Crippen LogP) is 1.88. The molecule has 2 heterocycles. The molecule has 4 nitrogen and oxygen atoms in total. The average molecular weight is 285 g/mol. The van der Waals surface area contributed by atoms with Crippen LogP contribution < -0.4 is 10.6 Å². The molecule has 1 fully saturated rings. The molecule has 1 aliphatic heterocycles. The monoisotopic (exact) mass is 284 g/mol. The number of halogens is 1. The highest BCUT2D eigenvalue weighted by molar-refractivity contribution is 5.85. The van der Waals surface area contributed by atoms with Crippen LogP contribution in [-0.4, -0.2) is 42.1 Å². The maximum absolute atomic E-state index is 5.91. The van der Waals surface area contributed by atoms with Crippen LogP contribution in [0.1, 0.15) is 25.8 Å². The Morgan fingerprint density at radius 3 is 2.68 bits per heavy atom. The van der Waals surface area contributed by atoms with Crippen LogP contribution in [0.15, 0.2) is 18.3 Å². The van der Waals surface area contributed by atoms with Crippen molar-refractivity contribution in [2.24, 2.45) is 5.73 Å². The normalized spacial score (nSPS) is 19.5. The minimum absolute atomic E-state index is 0. The summed E-state index contributed by atoms with van der Waals surface area (Å²) in [6.07, 6.45) is 3.10. The SMILES string of the molecule is CC(C)N(C)c1ccc(CN2CC[C@@H](N)C2)cn1.Cl. The molecule has 1 saturated heterocycles. The Hall–Kier alpha value is -0.840. The van der Waals surface area contributed by atoms with Gasteiger partial charge >= 0.3 is 0 Å². The molecule has 2 rings (SSSR count). The van der Waals surface area contributed by atoms with E-state index < -0.39 is 0 Å². The molecule has 0 bridgehead atoms.